The van der Waals surface area contributed by atoms with E-state index in [-0.39, 0.29) is 17.9 Å². The zero-order chi connectivity index (χ0) is 15.9. The molecule has 7 heteroatoms. The number of hydrogen-bond donors (Lipinski definition) is 1. The van der Waals surface area contributed by atoms with E-state index in [2.05, 4.69) is 5.32 Å². The predicted octanol–water partition coefficient (Wildman–Crippen LogP) is 1.15. The molecule has 23 heavy (non-hydrogen) atoms. The highest BCUT2D eigenvalue weighted by Crippen LogP contribution is 2.55. The minimum absolute atomic E-state index is 0.00912. The molecule has 2 amide bonds. The van der Waals surface area contributed by atoms with E-state index < -0.39 is 4.87 Å². The molecule has 0 radical (unpaired) electrons. The number of anilines is 1. The summed E-state index contributed by atoms with van der Waals surface area (Å²) in [5.41, 5.74) is 0.840. The van der Waals surface area contributed by atoms with Gasteiger partial charge in [0.2, 0.25) is 5.91 Å². The number of thioether (sulfide) groups is 1. The minimum atomic E-state index is -0.851. The maximum atomic E-state index is 12.9. The lowest BCUT2D eigenvalue weighted by Crippen LogP contribution is -2.54. The van der Waals surface area contributed by atoms with Crippen molar-refractivity contribution in [2.75, 3.05) is 31.3 Å². The van der Waals surface area contributed by atoms with E-state index >= 15 is 0 Å². The summed E-state index contributed by atoms with van der Waals surface area (Å²) < 4.78 is 10.9. The highest BCUT2D eigenvalue weighted by atomic mass is 32.2. The van der Waals surface area contributed by atoms with Crippen LogP contribution < -0.4 is 10.2 Å². The summed E-state index contributed by atoms with van der Waals surface area (Å²) in [6.07, 6.45) is 0.806. The zero-order valence-corrected chi connectivity index (χ0v) is 13.4. The summed E-state index contributed by atoms with van der Waals surface area (Å²) in [4.78, 5) is 27.0. The van der Waals surface area contributed by atoms with Crippen LogP contribution >= 0.6 is 11.8 Å². The van der Waals surface area contributed by atoms with Crippen molar-refractivity contribution in [2.24, 2.45) is 0 Å². The van der Waals surface area contributed by atoms with Gasteiger partial charge in [-0.3, -0.25) is 14.5 Å². The first-order chi connectivity index (χ1) is 11.2. The largest absolute Gasteiger partial charge is 0.376 e. The number of hydrogen-bond acceptors (Lipinski definition) is 5. The van der Waals surface area contributed by atoms with Gasteiger partial charge in [0.25, 0.3) is 5.91 Å². The first-order valence-corrected chi connectivity index (χ1v) is 8.61. The Balaban J connectivity index is 1.52. The number of carbonyl (C=O) groups excluding carboxylic acids is 2. The second-order valence-electron chi connectivity index (χ2n) is 5.86. The van der Waals surface area contributed by atoms with Crippen molar-refractivity contribution >= 4 is 29.3 Å². The Morgan fingerprint density at radius 1 is 1.39 bits per heavy atom. The van der Waals surface area contributed by atoms with Gasteiger partial charge in [0.1, 0.15) is 0 Å². The molecule has 0 aliphatic carbocycles. The maximum Gasteiger partial charge on any atom is 0.257 e. The van der Waals surface area contributed by atoms with E-state index in [1.807, 2.05) is 24.3 Å². The molecule has 0 unspecified atom stereocenters. The number of carbonyl (C=O) groups is 2. The Morgan fingerprint density at radius 3 is 3.09 bits per heavy atom. The van der Waals surface area contributed by atoms with Gasteiger partial charge in [-0.15, -0.1) is 0 Å². The first-order valence-electron chi connectivity index (χ1n) is 7.79. The molecule has 122 valence electrons. The van der Waals surface area contributed by atoms with Crippen LogP contribution in [0.15, 0.2) is 29.2 Å². The van der Waals surface area contributed by atoms with Gasteiger partial charge >= 0.3 is 0 Å². The van der Waals surface area contributed by atoms with Gasteiger partial charge in [-0.05, 0) is 18.6 Å². The monoisotopic (exact) mass is 334 g/mol. The standard InChI is InChI=1S/C16H18N2O4S/c19-14-5-6-16(15(20)17-9-11-10-21-7-8-22-11)18(14)12-3-1-2-4-13(12)23-16/h1-4,11H,5-10H2,(H,17,20)/t11-,16+/m0/s1. The lowest BCUT2D eigenvalue weighted by Gasteiger charge is -2.31. The average Bonchev–Trinajstić information content (AvgIpc) is 3.10. The molecular weight excluding hydrogens is 316 g/mol. The SMILES string of the molecule is O=C1CC[C@]2(C(=O)NC[C@H]3COCCO3)Sc3ccccc3N12. The van der Waals surface area contributed by atoms with Crippen molar-refractivity contribution < 1.29 is 19.1 Å². The van der Waals surface area contributed by atoms with Crippen molar-refractivity contribution in [3.63, 3.8) is 0 Å². The van der Waals surface area contributed by atoms with Crippen molar-refractivity contribution in [1.29, 1.82) is 0 Å². The lowest BCUT2D eigenvalue weighted by atomic mass is 10.1. The number of nitrogens with one attached hydrogen (secondary N) is 1. The van der Waals surface area contributed by atoms with Gasteiger partial charge in [-0.25, -0.2) is 0 Å². The molecule has 2 saturated heterocycles. The molecule has 6 nitrogen and oxygen atoms in total. The number of rotatable bonds is 3. The van der Waals surface area contributed by atoms with Crippen LogP contribution in [0.25, 0.3) is 0 Å². The second-order valence-corrected chi connectivity index (χ2v) is 7.18. The highest BCUT2D eigenvalue weighted by Gasteiger charge is 2.57. The Morgan fingerprint density at radius 2 is 2.26 bits per heavy atom. The second kappa shape index (κ2) is 5.81. The van der Waals surface area contributed by atoms with Gasteiger partial charge < -0.3 is 14.8 Å². The molecule has 4 rings (SSSR count). The molecule has 0 aromatic heterocycles. The Kier molecular flexibility index (Phi) is 3.79. The molecule has 3 aliphatic rings. The van der Waals surface area contributed by atoms with E-state index in [1.165, 1.54) is 11.8 Å². The van der Waals surface area contributed by atoms with E-state index in [9.17, 15) is 9.59 Å². The lowest BCUT2D eigenvalue weighted by molar-refractivity contribution is -0.127. The molecule has 3 heterocycles. The van der Waals surface area contributed by atoms with Gasteiger partial charge in [-0.1, -0.05) is 23.9 Å². The van der Waals surface area contributed by atoms with E-state index in [0.717, 1.165) is 10.6 Å². The maximum absolute atomic E-state index is 12.9. The van der Waals surface area contributed by atoms with Gasteiger partial charge in [0.05, 0.1) is 31.6 Å². The summed E-state index contributed by atoms with van der Waals surface area (Å²) in [6, 6.07) is 7.68. The van der Waals surface area contributed by atoms with Gasteiger partial charge in [0, 0.05) is 17.9 Å². The van der Waals surface area contributed by atoms with Crippen molar-refractivity contribution in [3.05, 3.63) is 24.3 Å². The molecular formula is C16H18N2O4S. The molecule has 0 bridgehead atoms. The normalized spacial score (nSPS) is 29.3. The summed E-state index contributed by atoms with van der Waals surface area (Å²) >= 11 is 1.47. The fraction of sp³-hybridized carbons (Fsp3) is 0.500. The quantitative estimate of drug-likeness (QED) is 0.898. The van der Waals surface area contributed by atoms with Crippen LogP contribution in [0.4, 0.5) is 5.69 Å². The van der Waals surface area contributed by atoms with Gasteiger partial charge in [0.15, 0.2) is 4.87 Å². The van der Waals surface area contributed by atoms with Crippen LogP contribution in [0.1, 0.15) is 12.8 Å². The third-order valence-corrected chi connectivity index (χ3v) is 5.88. The fourth-order valence-electron chi connectivity index (χ4n) is 3.30. The van der Waals surface area contributed by atoms with Crippen molar-refractivity contribution in [2.45, 2.75) is 28.7 Å². The van der Waals surface area contributed by atoms with E-state index in [0.29, 0.717) is 39.2 Å². The molecule has 2 atom stereocenters. The number of benzene rings is 1. The van der Waals surface area contributed by atoms with Crippen molar-refractivity contribution in [1.82, 2.24) is 5.32 Å². The van der Waals surface area contributed by atoms with Crippen LogP contribution in [-0.2, 0) is 19.1 Å². The van der Waals surface area contributed by atoms with Crippen molar-refractivity contribution in [3.8, 4) is 0 Å². The minimum Gasteiger partial charge on any atom is -0.376 e. The van der Waals surface area contributed by atoms with Crippen LogP contribution in [-0.4, -0.2) is 49.2 Å². The summed E-state index contributed by atoms with van der Waals surface area (Å²) in [6.45, 7) is 2.04. The summed E-state index contributed by atoms with van der Waals surface area (Å²) in [5, 5.41) is 2.95. The Labute approximate surface area is 138 Å². The fourth-order valence-corrected chi connectivity index (χ4v) is 4.73. The van der Waals surface area contributed by atoms with Crippen LogP contribution in [0.5, 0.6) is 0 Å². The number of fused-ring (bicyclic) bond motifs is 3. The van der Waals surface area contributed by atoms with Gasteiger partial charge in [-0.2, -0.15) is 0 Å². The van der Waals surface area contributed by atoms with E-state index in [1.54, 1.807) is 4.90 Å². The Hall–Kier alpha value is -1.57. The summed E-state index contributed by atoms with van der Waals surface area (Å²) in [7, 11) is 0. The topological polar surface area (TPSA) is 67.9 Å². The van der Waals surface area contributed by atoms with Crippen LogP contribution in [0, 0.1) is 0 Å². The number of ether oxygens (including phenoxy) is 2. The Bertz CT molecular complexity index is 647. The number of para-hydroxylation sites is 1. The molecule has 2 fully saturated rings. The molecule has 1 aromatic carbocycles. The van der Waals surface area contributed by atoms with Crippen LogP contribution in [0.2, 0.25) is 0 Å². The summed E-state index contributed by atoms with van der Waals surface area (Å²) in [5.74, 6) is -0.117. The smallest absolute Gasteiger partial charge is 0.257 e. The number of nitrogens with zero attached hydrogens (tertiary/aromatic N) is 1. The third-order valence-electron chi connectivity index (χ3n) is 4.40. The number of amides is 2. The van der Waals surface area contributed by atoms with Crippen LogP contribution in [0.3, 0.4) is 0 Å². The first kappa shape index (κ1) is 15.0. The molecule has 0 spiro atoms. The zero-order valence-electron chi connectivity index (χ0n) is 12.6. The van der Waals surface area contributed by atoms with E-state index in [4.69, 9.17) is 9.47 Å². The third kappa shape index (κ3) is 2.43. The molecule has 0 saturated carbocycles. The molecule has 3 aliphatic heterocycles. The highest BCUT2D eigenvalue weighted by molar-refractivity contribution is 8.02. The molecule has 1 aromatic rings. The molecule has 1 N–H and O–H groups in total. The predicted molar refractivity (Wildman–Crippen MR) is 85.3 cm³/mol. The average molecular weight is 334 g/mol.